The standard InChI is InChI=1S/C20H29O2.Li/c1-7-17-13-19(21-5)18(20(14-17)22-6)12-11-16(4)10-8-9-15(2)3;/h9,11,13-14H,1,7-8,10,12H2,2-6H3;/q-1;+1/b16-11+;. The first kappa shape index (κ1) is 21.9. The second-order valence-corrected chi connectivity index (χ2v) is 5.80. The monoisotopic (exact) mass is 308 g/mol. The van der Waals surface area contributed by atoms with Gasteiger partial charge in [-0.25, -0.2) is 0 Å². The zero-order valence-electron chi connectivity index (χ0n) is 15.7. The Balaban J connectivity index is 0.00000484. The van der Waals surface area contributed by atoms with Gasteiger partial charge < -0.3 is 16.4 Å². The van der Waals surface area contributed by atoms with Gasteiger partial charge in [0.1, 0.15) is 11.5 Å². The van der Waals surface area contributed by atoms with E-state index in [9.17, 15) is 0 Å². The van der Waals surface area contributed by atoms with E-state index in [2.05, 4.69) is 52.0 Å². The molecular formula is C20H29LiO2. The molecule has 0 radical (unpaired) electrons. The maximum atomic E-state index is 5.53. The number of hydrogen-bond acceptors (Lipinski definition) is 2. The van der Waals surface area contributed by atoms with Crippen LogP contribution in [-0.4, -0.2) is 14.2 Å². The third-order valence-electron chi connectivity index (χ3n) is 3.70. The summed E-state index contributed by atoms with van der Waals surface area (Å²) in [5.74, 6) is 1.76. The van der Waals surface area contributed by atoms with Crippen LogP contribution in [0.25, 0.3) is 0 Å². The van der Waals surface area contributed by atoms with E-state index in [1.54, 1.807) is 14.2 Å². The SMILES string of the molecule is [CH2-]Cc1cc(OC)c(C/C=C(\C)CCC=C(C)C)c(OC)c1.[Li+]. The molecule has 0 atom stereocenters. The summed E-state index contributed by atoms with van der Waals surface area (Å²) in [6.07, 6.45) is 8.28. The molecule has 0 aliphatic heterocycles. The fourth-order valence-electron chi connectivity index (χ4n) is 2.35. The Kier molecular flexibility index (Phi) is 10.9. The Morgan fingerprint density at radius 1 is 1.04 bits per heavy atom. The fourth-order valence-corrected chi connectivity index (χ4v) is 2.35. The van der Waals surface area contributed by atoms with E-state index < -0.39 is 0 Å². The number of benzene rings is 1. The molecule has 23 heavy (non-hydrogen) atoms. The van der Waals surface area contributed by atoms with Crippen LogP contribution in [0.15, 0.2) is 35.4 Å². The maximum Gasteiger partial charge on any atom is 1.00 e. The Hall–Kier alpha value is -1.10. The molecule has 0 N–H and O–H groups in total. The summed E-state index contributed by atoms with van der Waals surface area (Å²) in [4.78, 5) is 0. The Morgan fingerprint density at radius 2 is 1.61 bits per heavy atom. The average Bonchev–Trinajstić information content (AvgIpc) is 2.51. The Labute approximate surface area is 154 Å². The largest absolute Gasteiger partial charge is 1.00 e. The van der Waals surface area contributed by atoms with Gasteiger partial charge in [0.25, 0.3) is 0 Å². The Bertz CT molecular complexity index is 516. The van der Waals surface area contributed by atoms with Gasteiger partial charge in [-0.15, -0.1) is 0 Å². The van der Waals surface area contributed by atoms with Gasteiger partial charge >= 0.3 is 18.9 Å². The van der Waals surface area contributed by atoms with Crippen molar-refractivity contribution in [2.24, 2.45) is 0 Å². The van der Waals surface area contributed by atoms with E-state index >= 15 is 0 Å². The van der Waals surface area contributed by atoms with Crippen LogP contribution in [0, 0.1) is 6.92 Å². The van der Waals surface area contributed by atoms with Crippen LogP contribution < -0.4 is 28.3 Å². The van der Waals surface area contributed by atoms with Gasteiger partial charge in [0, 0.05) is 5.56 Å². The van der Waals surface area contributed by atoms with Gasteiger partial charge in [0.15, 0.2) is 0 Å². The van der Waals surface area contributed by atoms with Crippen molar-refractivity contribution in [1.29, 1.82) is 0 Å². The third-order valence-corrected chi connectivity index (χ3v) is 3.70. The van der Waals surface area contributed by atoms with Gasteiger partial charge in [-0.05, 0) is 52.2 Å². The predicted octanol–water partition coefficient (Wildman–Crippen LogP) is 2.32. The molecule has 0 aliphatic rings. The molecule has 1 aromatic rings. The van der Waals surface area contributed by atoms with Crippen LogP contribution in [0.3, 0.4) is 0 Å². The van der Waals surface area contributed by atoms with E-state index in [0.29, 0.717) is 0 Å². The molecule has 0 saturated carbocycles. The summed E-state index contributed by atoms with van der Waals surface area (Å²) in [7, 11) is 3.41. The average molecular weight is 308 g/mol. The minimum Gasteiger partial charge on any atom is -0.496 e. The summed E-state index contributed by atoms with van der Waals surface area (Å²) in [6.45, 7) is 10.4. The van der Waals surface area contributed by atoms with Crippen LogP contribution in [-0.2, 0) is 12.8 Å². The molecule has 2 nitrogen and oxygen atoms in total. The summed E-state index contributed by atoms with van der Waals surface area (Å²) in [5.41, 5.74) is 4.99. The zero-order valence-corrected chi connectivity index (χ0v) is 15.7. The second kappa shape index (κ2) is 11.4. The van der Waals surface area contributed by atoms with E-state index in [-0.39, 0.29) is 18.9 Å². The summed E-state index contributed by atoms with van der Waals surface area (Å²) in [6, 6.07) is 4.11. The van der Waals surface area contributed by atoms with Crippen LogP contribution in [0.5, 0.6) is 11.5 Å². The van der Waals surface area contributed by atoms with E-state index in [1.807, 2.05) is 0 Å². The van der Waals surface area contributed by atoms with Crippen LogP contribution >= 0.6 is 0 Å². The van der Waals surface area contributed by atoms with Crippen molar-refractivity contribution in [3.8, 4) is 11.5 Å². The first-order chi connectivity index (χ1) is 10.5. The van der Waals surface area contributed by atoms with Crippen molar-refractivity contribution >= 4 is 0 Å². The van der Waals surface area contributed by atoms with Crippen LogP contribution in [0.4, 0.5) is 0 Å². The second-order valence-electron chi connectivity index (χ2n) is 5.80. The molecule has 0 spiro atoms. The topological polar surface area (TPSA) is 18.5 Å². The molecule has 0 unspecified atom stereocenters. The molecule has 0 bridgehead atoms. The summed E-state index contributed by atoms with van der Waals surface area (Å²) < 4.78 is 11.1. The van der Waals surface area contributed by atoms with Gasteiger partial charge in [0.2, 0.25) is 0 Å². The molecule has 1 rings (SSSR count). The third kappa shape index (κ3) is 7.33. The van der Waals surface area contributed by atoms with Crippen molar-refractivity contribution < 1.29 is 28.3 Å². The maximum absolute atomic E-state index is 5.53. The molecule has 3 heteroatoms. The van der Waals surface area contributed by atoms with Crippen molar-refractivity contribution in [3.63, 3.8) is 0 Å². The minimum absolute atomic E-state index is 0. The Morgan fingerprint density at radius 3 is 2.04 bits per heavy atom. The first-order valence-electron chi connectivity index (χ1n) is 7.83. The number of rotatable bonds is 8. The summed E-state index contributed by atoms with van der Waals surface area (Å²) in [5, 5.41) is 0. The predicted molar refractivity (Wildman–Crippen MR) is 94.7 cm³/mol. The zero-order chi connectivity index (χ0) is 16.5. The number of hydrogen-bond donors (Lipinski definition) is 0. The fraction of sp³-hybridized carbons (Fsp3) is 0.450. The molecule has 0 aromatic heterocycles. The van der Waals surface area contributed by atoms with Gasteiger partial charge in [-0.1, -0.05) is 28.9 Å². The molecule has 122 valence electrons. The minimum atomic E-state index is 0. The van der Waals surface area contributed by atoms with Crippen molar-refractivity contribution in [2.45, 2.75) is 46.5 Å². The number of ether oxygens (including phenoxy) is 2. The van der Waals surface area contributed by atoms with Crippen molar-refractivity contribution in [3.05, 3.63) is 53.5 Å². The normalized spacial score (nSPS) is 10.8. The molecule has 0 heterocycles. The quantitative estimate of drug-likeness (QED) is 0.417. The van der Waals surface area contributed by atoms with Crippen molar-refractivity contribution in [1.82, 2.24) is 0 Å². The number of methoxy groups -OCH3 is 2. The molecule has 0 fully saturated rings. The molecular weight excluding hydrogens is 279 g/mol. The smallest absolute Gasteiger partial charge is 0.496 e. The van der Waals surface area contributed by atoms with Gasteiger partial charge in [-0.3, -0.25) is 0 Å². The summed E-state index contributed by atoms with van der Waals surface area (Å²) >= 11 is 0. The first-order valence-corrected chi connectivity index (χ1v) is 7.83. The number of allylic oxidation sites excluding steroid dienone is 4. The van der Waals surface area contributed by atoms with Crippen LogP contribution in [0.1, 0.15) is 44.7 Å². The van der Waals surface area contributed by atoms with Crippen molar-refractivity contribution in [2.75, 3.05) is 14.2 Å². The van der Waals surface area contributed by atoms with Crippen LogP contribution in [0.2, 0.25) is 0 Å². The van der Waals surface area contributed by atoms with Gasteiger partial charge in [-0.2, -0.15) is 6.42 Å². The van der Waals surface area contributed by atoms with E-state index in [4.69, 9.17) is 9.47 Å². The van der Waals surface area contributed by atoms with E-state index in [0.717, 1.165) is 48.3 Å². The molecule has 1 aromatic carbocycles. The van der Waals surface area contributed by atoms with E-state index in [1.165, 1.54) is 11.1 Å². The molecule has 0 amide bonds. The molecule has 0 aliphatic carbocycles. The molecule has 0 saturated heterocycles. The van der Waals surface area contributed by atoms with Gasteiger partial charge in [0.05, 0.1) is 14.2 Å².